The molecule has 1 fully saturated rings. The van der Waals surface area contributed by atoms with E-state index in [-0.39, 0.29) is 79.0 Å². The first-order valence-corrected chi connectivity index (χ1v) is 2.32. The molecule has 5 nitrogen and oxygen atoms in total. The predicted octanol–water partition coefficient (Wildman–Crippen LogP) is -7.25. The van der Waals surface area contributed by atoms with Crippen LogP contribution in [-0.4, -0.2) is 17.8 Å². The molecule has 4 amide bonds. The van der Waals surface area contributed by atoms with Crippen LogP contribution in [0.1, 0.15) is 6.42 Å². The van der Waals surface area contributed by atoms with Crippen LogP contribution in [0.25, 0.3) is 0 Å². The van der Waals surface area contributed by atoms with Gasteiger partial charge in [0, 0.05) is 0 Å². The first kappa shape index (κ1) is 18.7. The maximum Gasteiger partial charge on any atom is 1.00 e. The average Bonchev–Trinajstić information content (AvgIpc) is 1.59. The summed E-state index contributed by atoms with van der Waals surface area (Å²) >= 11 is 0. The van der Waals surface area contributed by atoms with Gasteiger partial charge in [-0.2, -0.15) is 0 Å². The van der Waals surface area contributed by atoms with E-state index in [1.54, 1.807) is 0 Å². The molecule has 2 N–H and O–H groups in total. The molecule has 0 atom stereocenters. The zero-order chi connectivity index (χ0) is 6.85. The van der Waals surface area contributed by atoms with E-state index in [9.17, 15) is 14.4 Å². The molecule has 0 aromatic carbocycles. The second kappa shape index (κ2) is 8.55. The summed E-state index contributed by atoms with van der Waals surface area (Å²) in [5.41, 5.74) is 0. The normalized spacial score (nSPS) is 14.2. The van der Waals surface area contributed by atoms with Crippen LogP contribution < -0.4 is 69.7 Å². The van der Waals surface area contributed by atoms with Crippen LogP contribution in [-0.2, 0) is 23.1 Å². The third-order valence-corrected chi connectivity index (χ3v) is 0.827. The van der Waals surface area contributed by atoms with Crippen LogP contribution in [0.4, 0.5) is 4.79 Å². The van der Waals surface area contributed by atoms with E-state index < -0.39 is 17.8 Å². The Labute approximate surface area is 120 Å². The number of hydrogen-bond donors (Lipinski definition) is 2. The molecule has 12 heavy (non-hydrogen) atoms. The van der Waals surface area contributed by atoms with Gasteiger partial charge in [-0.25, -0.2) is 4.79 Å². The van der Waals surface area contributed by atoms with E-state index >= 15 is 0 Å². The van der Waals surface area contributed by atoms with Gasteiger partial charge in [0.25, 0.3) is 0 Å². The number of hydrogen-bond acceptors (Lipinski definition) is 3. The molecule has 1 saturated heterocycles. The van der Waals surface area contributed by atoms with Gasteiger partial charge in [-0.15, -0.1) is 0 Å². The molecule has 1 rings (SSSR count). The van der Waals surface area contributed by atoms with Crippen molar-refractivity contribution in [2.75, 3.05) is 0 Å². The van der Waals surface area contributed by atoms with Crippen molar-refractivity contribution in [3.63, 3.8) is 0 Å². The molecule has 1 aliphatic heterocycles. The average molecular weight is 206 g/mol. The number of rotatable bonds is 0. The fraction of sp³-hybridized carbons (Fsp3) is 0.250. The summed E-state index contributed by atoms with van der Waals surface area (Å²) in [6.07, 6.45) is -0.258. The topological polar surface area (TPSA) is 75.3 Å². The molecule has 0 saturated carbocycles. The quantitative estimate of drug-likeness (QED) is 0.305. The summed E-state index contributed by atoms with van der Waals surface area (Å²) in [7, 11) is 0. The van der Waals surface area contributed by atoms with Gasteiger partial charge >= 0.3 is 65.1 Å². The molecule has 1 aliphatic rings. The van der Waals surface area contributed by atoms with E-state index in [0.29, 0.717) is 0 Å². The minimum absolute atomic E-state index is 0. The van der Waals surface area contributed by atoms with E-state index in [4.69, 9.17) is 0 Å². The number of barbiturate groups is 1. The molecule has 8 heteroatoms. The van der Waals surface area contributed by atoms with Crippen LogP contribution in [0.15, 0.2) is 0 Å². The van der Waals surface area contributed by atoms with Gasteiger partial charge < -0.3 is 13.5 Å². The zero-order valence-electron chi connectivity index (χ0n) is 6.84. The number of amides is 4. The molecule has 0 aliphatic carbocycles. The van der Waals surface area contributed by atoms with Crippen LogP contribution in [0.2, 0.25) is 0 Å². The summed E-state index contributed by atoms with van der Waals surface area (Å²) in [6, 6.07) is -0.740. The zero-order valence-corrected chi connectivity index (χ0v) is 11.7. The third kappa shape index (κ3) is 6.47. The van der Waals surface area contributed by atoms with E-state index in [1.165, 1.54) is 0 Å². The monoisotopic (exact) mass is 206 g/mol. The molecule has 0 unspecified atom stereocenters. The Hall–Kier alpha value is 0.960. The molecule has 0 bridgehead atoms. The van der Waals surface area contributed by atoms with E-state index in [2.05, 4.69) is 0 Å². The van der Waals surface area contributed by atoms with Crippen LogP contribution in [0, 0.1) is 0 Å². The van der Waals surface area contributed by atoms with Gasteiger partial charge in [0.2, 0.25) is 11.8 Å². The smallest absolute Gasteiger partial charge is 1.00 e. The van der Waals surface area contributed by atoms with Crippen molar-refractivity contribution >= 4 is 31.3 Å². The SMILES string of the molecule is O=C1CC(=O)NC(=O)N1.[Na+].[Na+].[S-2]. The van der Waals surface area contributed by atoms with Crippen molar-refractivity contribution in [3.05, 3.63) is 0 Å². The molecular weight excluding hydrogens is 202 g/mol. The van der Waals surface area contributed by atoms with Gasteiger partial charge in [-0.1, -0.05) is 0 Å². The number of carbonyl (C=O) groups is 3. The largest absolute Gasteiger partial charge is 2.00 e. The van der Waals surface area contributed by atoms with Gasteiger partial charge in [-0.05, 0) is 0 Å². The Bertz CT molecular complexity index is 153. The molecule has 1 heterocycles. The van der Waals surface area contributed by atoms with Crippen molar-refractivity contribution in [1.82, 2.24) is 10.6 Å². The molecule has 0 aromatic rings. The number of carbonyl (C=O) groups excluding carboxylic acids is 3. The van der Waals surface area contributed by atoms with Crippen molar-refractivity contribution in [2.45, 2.75) is 6.42 Å². The molecular formula is C4H4N2Na2O3S. The fourth-order valence-corrected chi connectivity index (χ4v) is 0.519. The minimum atomic E-state index is -0.740. The third-order valence-electron chi connectivity index (χ3n) is 0.827. The van der Waals surface area contributed by atoms with Crippen molar-refractivity contribution in [2.24, 2.45) is 0 Å². The summed E-state index contributed by atoms with van der Waals surface area (Å²) in [5.74, 6) is -1.10. The Morgan fingerprint density at radius 3 is 1.50 bits per heavy atom. The molecule has 56 valence electrons. The first-order valence-electron chi connectivity index (χ1n) is 2.32. The second-order valence-electron chi connectivity index (χ2n) is 1.60. The van der Waals surface area contributed by atoms with Gasteiger partial charge in [0.15, 0.2) is 0 Å². The molecule has 0 radical (unpaired) electrons. The van der Waals surface area contributed by atoms with Crippen molar-refractivity contribution < 1.29 is 73.5 Å². The minimum Gasteiger partial charge on any atom is -2.00 e. The second-order valence-corrected chi connectivity index (χ2v) is 1.60. The maximum absolute atomic E-state index is 10.3. The summed E-state index contributed by atoms with van der Waals surface area (Å²) in [6.45, 7) is 0. The Kier molecular flexibility index (Phi) is 13.3. The Morgan fingerprint density at radius 1 is 0.917 bits per heavy atom. The summed E-state index contributed by atoms with van der Waals surface area (Å²) in [5, 5.41) is 3.80. The number of imide groups is 2. The van der Waals surface area contributed by atoms with Gasteiger partial charge in [-0.3, -0.25) is 20.2 Å². The predicted molar refractivity (Wildman–Crippen MR) is 33.7 cm³/mol. The van der Waals surface area contributed by atoms with Crippen LogP contribution >= 0.6 is 0 Å². The van der Waals surface area contributed by atoms with Gasteiger partial charge in [0.05, 0.1) is 0 Å². The fourth-order valence-electron chi connectivity index (χ4n) is 0.519. The van der Waals surface area contributed by atoms with Gasteiger partial charge in [0.1, 0.15) is 6.42 Å². The van der Waals surface area contributed by atoms with Crippen LogP contribution in [0.5, 0.6) is 0 Å². The number of urea groups is 1. The molecule has 0 aromatic heterocycles. The summed E-state index contributed by atoms with van der Waals surface area (Å²) in [4.78, 5) is 30.8. The first-order chi connectivity index (χ1) is 4.18. The molecule has 0 spiro atoms. The Balaban J connectivity index is -0.000000270. The van der Waals surface area contributed by atoms with Crippen LogP contribution in [0.3, 0.4) is 0 Å². The van der Waals surface area contributed by atoms with E-state index in [0.717, 1.165) is 0 Å². The van der Waals surface area contributed by atoms with E-state index in [1.807, 2.05) is 10.6 Å². The number of nitrogens with one attached hydrogen (secondary N) is 2. The summed E-state index contributed by atoms with van der Waals surface area (Å²) < 4.78 is 0. The standard InChI is InChI=1S/C4H4N2O3.2Na.S/c7-2-1-3(8)6-4(9)5-2;;;/h1H2,(H2,5,6,7,8,9);;;/q;2*+1;-2. The maximum atomic E-state index is 10.3. The Morgan fingerprint density at radius 2 is 1.25 bits per heavy atom. The van der Waals surface area contributed by atoms with Crippen molar-refractivity contribution in [3.8, 4) is 0 Å². The van der Waals surface area contributed by atoms with Crippen molar-refractivity contribution in [1.29, 1.82) is 0 Å².